The maximum absolute atomic E-state index is 13.3. The van der Waals surface area contributed by atoms with E-state index in [1.54, 1.807) is 22.8 Å². The molecule has 1 heterocycles. The Balaban J connectivity index is 2.09. The zero-order valence-electron chi connectivity index (χ0n) is 14.8. The molecule has 5 nitrogen and oxygen atoms in total. The molecule has 0 saturated heterocycles. The molecule has 0 atom stereocenters. The highest BCUT2D eigenvalue weighted by molar-refractivity contribution is 5.80. The zero-order chi connectivity index (χ0) is 19.0. The fourth-order valence-electron chi connectivity index (χ4n) is 3.31. The molecule has 0 fully saturated rings. The van der Waals surface area contributed by atoms with Crippen LogP contribution in [0.4, 0.5) is 0 Å². The lowest BCUT2D eigenvalue weighted by Crippen LogP contribution is -2.39. The molecule has 0 aliphatic heterocycles. The van der Waals surface area contributed by atoms with E-state index < -0.39 is 11.2 Å². The number of para-hydroxylation sites is 1. The summed E-state index contributed by atoms with van der Waals surface area (Å²) in [6.45, 7) is 2.18. The fraction of sp³-hybridized carbons (Fsp3) is 0.0909. The van der Waals surface area contributed by atoms with Crippen molar-refractivity contribution in [3.63, 3.8) is 0 Å². The Morgan fingerprint density at radius 1 is 0.889 bits per heavy atom. The van der Waals surface area contributed by atoms with Crippen molar-refractivity contribution in [2.75, 3.05) is 0 Å². The van der Waals surface area contributed by atoms with Crippen LogP contribution < -0.4 is 11.2 Å². The monoisotopic (exact) mass is 358 g/mol. The van der Waals surface area contributed by atoms with E-state index in [9.17, 15) is 14.7 Å². The van der Waals surface area contributed by atoms with E-state index in [-0.39, 0.29) is 5.75 Å². The lowest BCUT2D eigenvalue weighted by atomic mass is 10.1. The van der Waals surface area contributed by atoms with Crippen LogP contribution in [0.5, 0.6) is 5.75 Å². The topological polar surface area (TPSA) is 64.2 Å². The van der Waals surface area contributed by atoms with Crippen molar-refractivity contribution in [2.45, 2.75) is 13.5 Å². The second-order valence-electron chi connectivity index (χ2n) is 6.48. The van der Waals surface area contributed by atoms with Crippen LogP contribution in [0.1, 0.15) is 11.1 Å². The summed E-state index contributed by atoms with van der Waals surface area (Å²) in [5.41, 5.74) is 1.96. The third kappa shape index (κ3) is 2.93. The number of hydrogen-bond acceptors (Lipinski definition) is 3. The first-order valence-corrected chi connectivity index (χ1v) is 8.65. The average molecular weight is 358 g/mol. The molecule has 4 rings (SSSR count). The van der Waals surface area contributed by atoms with Gasteiger partial charge in [0.2, 0.25) is 0 Å². The number of aromatic hydroxyl groups is 1. The van der Waals surface area contributed by atoms with Crippen LogP contribution in [0.2, 0.25) is 0 Å². The highest BCUT2D eigenvalue weighted by atomic mass is 16.3. The van der Waals surface area contributed by atoms with Gasteiger partial charge in [0.05, 0.1) is 23.1 Å². The van der Waals surface area contributed by atoms with Crippen molar-refractivity contribution in [3.05, 3.63) is 105 Å². The predicted molar refractivity (Wildman–Crippen MR) is 106 cm³/mol. The van der Waals surface area contributed by atoms with E-state index in [1.165, 1.54) is 16.7 Å². The maximum Gasteiger partial charge on any atom is 0.336 e. The van der Waals surface area contributed by atoms with Crippen molar-refractivity contribution < 1.29 is 5.11 Å². The van der Waals surface area contributed by atoms with Gasteiger partial charge in [0.1, 0.15) is 5.75 Å². The molecule has 0 unspecified atom stereocenters. The Morgan fingerprint density at radius 3 is 2.33 bits per heavy atom. The van der Waals surface area contributed by atoms with Gasteiger partial charge in [-0.1, -0.05) is 48.5 Å². The van der Waals surface area contributed by atoms with Crippen molar-refractivity contribution in [3.8, 4) is 11.4 Å². The molecule has 1 aromatic heterocycles. The quantitative estimate of drug-likeness (QED) is 0.612. The van der Waals surface area contributed by atoms with Gasteiger partial charge < -0.3 is 5.11 Å². The van der Waals surface area contributed by atoms with E-state index in [0.717, 1.165) is 11.1 Å². The van der Waals surface area contributed by atoms with E-state index in [2.05, 4.69) is 0 Å². The van der Waals surface area contributed by atoms with Crippen LogP contribution in [-0.4, -0.2) is 14.2 Å². The van der Waals surface area contributed by atoms with E-state index in [4.69, 9.17) is 0 Å². The number of hydrogen-bond donors (Lipinski definition) is 1. The zero-order valence-corrected chi connectivity index (χ0v) is 14.8. The molecule has 0 aliphatic carbocycles. The molecule has 27 heavy (non-hydrogen) atoms. The largest absolute Gasteiger partial charge is 0.508 e. The van der Waals surface area contributed by atoms with Crippen LogP contribution in [0.3, 0.4) is 0 Å². The third-order valence-electron chi connectivity index (χ3n) is 4.67. The normalized spacial score (nSPS) is 11.0. The number of fused-ring (bicyclic) bond motifs is 1. The highest BCUT2D eigenvalue weighted by Crippen LogP contribution is 2.18. The van der Waals surface area contributed by atoms with Crippen LogP contribution in [-0.2, 0) is 6.54 Å². The van der Waals surface area contributed by atoms with Crippen molar-refractivity contribution in [1.82, 2.24) is 9.13 Å². The molecule has 134 valence electrons. The SMILES string of the molecule is Cc1ccccc1-n1c(=O)c2cc(O)ccc2n(Cc2ccccc2)c1=O. The number of rotatable bonds is 3. The molecule has 0 radical (unpaired) electrons. The number of aromatic nitrogens is 2. The van der Waals surface area contributed by atoms with Gasteiger partial charge in [0.15, 0.2) is 0 Å². The summed E-state index contributed by atoms with van der Waals surface area (Å²) in [6, 6.07) is 21.4. The molecule has 0 amide bonds. The van der Waals surface area contributed by atoms with Gasteiger partial charge >= 0.3 is 5.69 Å². The van der Waals surface area contributed by atoms with Crippen LogP contribution in [0.25, 0.3) is 16.6 Å². The van der Waals surface area contributed by atoms with Crippen molar-refractivity contribution in [2.24, 2.45) is 0 Å². The Labute approximate surface area is 155 Å². The number of benzene rings is 3. The molecule has 3 aromatic carbocycles. The van der Waals surface area contributed by atoms with Gasteiger partial charge in [-0.15, -0.1) is 0 Å². The summed E-state index contributed by atoms with van der Waals surface area (Å²) < 4.78 is 2.75. The maximum atomic E-state index is 13.3. The summed E-state index contributed by atoms with van der Waals surface area (Å²) in [7, 11) is 0. The Hall–Kier alpha value is -3.60. The van der Waals surface area contributed by atoms with Gasteiger partial charge in [0.25, 0.3) is 5.56 Å². The molecule has 5 heteroatoms. The number of phenols is 1. The molecular weight excluding hydrogens is 340 g/mol. The number of nitrogens with zero attached hydrogens (tertiary/aromatic N) is 2. The smallest absolute Gasteiger partial charge is 0.336 e. The van der Waals surface area contributed by atoms with E-state index in [1.807, 2.05) is 49.4 Å². The van der Waals surface area contributed by atoms with Gasteiger partial charge in [-0.05, 0) is 42.3 Å². The second-order valence-corrected chi connectivity index (χ2v) is 6.48. The predicted octanol–water partition coefficient (Wildman–Crippen LogP) is 3.21. The first-order valence-electron chi connectivity index (χ1n) is 8.65. The summed E-state index contributed by atoms with van der Waals surface area (Å²) in [5.74, 6) is -0.0131. The van der Waals surface area contributed by atoms with Gasteiger partial charge in [-0.25, -0.2) is 9.36 Å². The molecule has 0 aliphatic rings. The third-order valence-corrected chi connectivity index (χ3v) is 4.67. The van der Waals surface area contributed by atoms with E-state index in [0.29, 0.717) is 23.1 Å². The van der Waals surface area contributed by atoms with Crippen molar-refractivity contribution in [1.29, 1.82) is 0 Å². The average Bonchev–Trinajstić information content (AvgIpc) is 2.68. The Kier molecular flexibility index (Phi) is 4.12. The molecule has 4 aromatic rings. The minimum Gasteiger partial charge on any atom is -0.508 e. The first-order chi connectivity index (χ1) is 13.1. The molecule has 1 N–H and O–H groups in total. The summed E-state index contributed by atoms with van der Waals surface area (Å²) in [5, 5.41) is 10.2. The molecular formula is C22H18N2O3. The summed E-state index contributed by atoms with van der Waals surface area (Å²) in [4.78, 5) is 26.4. The van der Waals surface area contributed by atoms with Gasteiger partial charge in [-0.2, -0.15) is 0 Å². The minimum absolute atomic E-state index is 0.0131. The molecule has 0 spiro atoms. The number of phenolic OH excluding ortho intramolecular Hbond substituents is 1. The number of aryl methyl sites for hydroxylation is 1. The second kappa shape index (κ2) is 6.61. The lowest BCUT2D eigenvalue weighted by molar-refractivity contribution is 0.476. The highest BCUT2D eigenvalue weighted by Gasteiger charge is 2.16. The first kappa shape index (κ1) is 16.8. The van der Waals surface area contributed by atoms with Crippen LogP contribution in [0.15, 0.2) is 82.4 Å². The molecule has 0 saturated carbocycles. The standard InChI is InChI=1S/C22H18N2O3/c1-15-7-5-6-10-19(15)24-21(26)18-13-17(25)11-12-20(18)23(22(24)27)14-16-8-3-2-4-9-16/h2-13,25H,14H2,1H3. The van der Waals surface area contributed by atoms with Gasteiger partial charge in [-0.3, -0.25) is 9.36 Å². The Morgan fingerprint density at radius 2 is 1.59 bits per heavy atom. The van der Waals surface area contributed by atoms with Crippen LogP contribution in [0, 0.1) is 6.92 Å². The minimum atomic E-state index is -0.440. The summed E-state index contributed by atoms with van der Waals surface area (Å²) >= 11 is 0. The fourth-order valence-corrected chi connectivity index (χ4v) is 3.31. The summed E-state index contributed by atoms with van der Waals surface area (Å²) in [6.07, 6.45) is 0. The van der Waals surface area contributed by atoms with Crippen molar-refractivity contribution >= 4 is 10.9 Å². The lowest BCUT2D eigenvalue weighted by Gasteiger charge is -2.15. The van der Waals surface area contributed by atoms with Gasteiger partial charge in [0, 0.05) is 0 Å². The Bertz CT molecular complexity index is 1250. The van der Waals surface area contributed by atoms with Crippen LogP contribution >= 0.6 is 0 Å². The molecule has 0 bridgehead atoms. The van der Waals surface area contributed by atoms with E-state index >= 15 is 0 Å².